The third-order valence-electron chi connectivity index (χ3n) is 5.35. The molecule has 8 heteroatoms. The second kappa shape index (κ2) is 13.2. The summed E-state index contributed by atoms with van der Waals surface area (Å²) in [5.41, 5.74) is 2.32. The molecule has 1 fully saturated rings. The van der Waals surface area contributed by atoms with Gasteiger partial charge in [0.05, 0.1) is 19.8 Å². The van der Waals surface area contributed by atoms with Crippen molar-refractivity contribution < 1.29 is 14.2 Å². The fraction of sp³-hybridized carbons (Fsp3) is 0.682. The molecule has 0 saturated carbocycles. The zero-order chi connectivity index (χ0) is 20.5. The van der Waals surface area contributed by atoms with Gasteiger partial charge < -0.3 is 24.8 Å². The third-order valence-corrected chi connectivity index (χ3v) is 5.35. The normalized spacial score (nSPS) is 18.9. The summed E-state index contributed by atoms with van der Waals surface area (Å²) in [6.07, 6.45) is 3.47. The maximum absolute atomic E-state index is 5.91. The second-order valence-corrected chi connectivity index (χ2v) is 7.65. The first-order valence-electron chi connectivity index (χ1n) is 10.9. The van der Waals surface area contributed by atoms with Gasteiger partial charge in [-0.05, 0) is 45.4 Å². The summed E-state index contributed by atoms with van der Waals surface area (Å²) in [5.74, 6) is 2.72. The van der Waals surface area contributed by atoms with Crippen LogP contribution in [0.2, 0.25) is 0 Å². The average molecular weight is 532 g/mol. The molecule has 0 aromatic heterocycles. The number of morpholine rings is 1. The molecular formula is C22H37IN4O3. The summed E-state index contributed by atoms with van der Waals surface area (Å²) >= 11 is 0. The topological polar surface area (TPSA) is 67.4 Å². The standard InChI is InChI=1S/C22H36N4O3.HI/c1-4-28-20-14-18-13-17(2)29-21(18)15-19(20)16-25-22(23-3)24-7-5-6-8-26-9-11-27-12-10-26;/h14-15,17H,4-13,16H2,1-3H3,(H2,23,24,25);1H. The Hall–Kier alpha value is -1.26. The first-order valence-corrected chi connectivity index (χ1v) is 10.9. The number of aliphatic imine (C=N–C) groups is 1. The van der Waals surface area contributed by atoms with E-state index in [0.717, 1.165) is 75.3 Å². The molecule has 1 unspecified atom stereocenters. The van der Waals surface area contributed by atoms with Gasteiger partial charge in [-0.1, -0.05) is 0 Å². The lowest BCUT2D eigenvalue weighted by Crippen LogP contribution is -2.38. The van der Waals surface area contributed by atoms with Crippen molar-refractivity contribution in [3.8, 4) is 11.5 Å². The molecule has 30 heavy (non-hydrogen) atoms. The lowest BCUT2D eigenvalue weighted by molar-refractivity contribution is 0.0372. The Labute approximate surface area is 197 Å². The largest absolute Gasteiger partial charge is 0.494 e. The molecule has 170 valence electrons. The summed E-state index contributed by atoms with van der Waals surface area (Å²) in [6, 6.07) is 4.23. The number of nitrogens with one attached hydrogen (secondary N) is 2. The molecule has 3 rings (SSSR count). The Morgan fingerprint density at radius 2 is 2.03 bits per heavy atom. The third kappa shape index (κ3) is 7.46. The van der Waals surface area contributed by atoms with Crippen LogP contribution in [-0.2, 0) is 17.7 Å². The summed E-state index contributed by atoms with van der Waals surface area (Å²) in [4.78, 5) is 6.82. The van der Waals surface area contributed by atoms with Crippen molar-refractivity contribution in [1.29, 1.82) is 0 Å². The number of guanidine groups is 1. The first-order chi connectivity index (χ1) is 14.2. The number of hydrogen-bond acceptors (Lipinski definition) is 5. The van der Waals surface area contributed by atoms with Crippen LogP contribution >= 0.6 is 24.0 Å². The Morgan fingerprint density at radius 3 is 2.77 bits per heavy atom. The van der Waals surface area contributed by atoms with E-state index in [0.29, 0.717) is 13.2 Å². The van der Waals surface area contributed by atoms with Crippen molar-refractivity contribution in [3.63, 3.8) is 0 Å². The number of nitrogens with zero attached hydrogens (tertiary/aromatic N) is 2. The Morgan fingerprint density at radius 1 is 1.23 bits per heavy atom. The van der Waals surface area contributed by atoms with Crippen LogP contribution < -0.4 is 20.1 Å². The summed E-state index contributed by atoms with van der Waals surface area (Å²) in [5, 5.41) is 6.82. The number of rotatable bonds is 9. The molecule has 0 bridgehead atoms. The first kappa shape index (κ1) is 25.0. The highest BCUT2D eigenvalue weighted by atomic mass is 127. The van der Waals surface area contributed by atoms with Crippen molar-refractivity contribution in [3.05, 3.63) is 23.3 Å². The molecule has 0 aliphatic carbocycles. The lowest BCUT2D eigenvalue weighted by Gasteiger charge is -2.26. The van der Waals surface area contributed by atoms with Crippen LogP contribution in [0.4, 0.5) is 0 Å². The molecule has 1 atom stereocenters. The molecule has 2 aliphatic rings. The van der Waals surface area contributed by atoms with Gasteiger partial charge in [0, 0.05) is 50.8 Å². The van der Waals surface area contributed by atoms with Crippen LogP contribution in [0.1, 0.15) is 37.8 Å². The van der Waals surface area contributed by atoms with Crippen molar-refractivity contribution in [2.24, 2.45) is 4.99 Å². The molecule has 1 aromatic rings. The van der Waals surface area contributed by atoms with E-state index in [-0.39, 0.29) is 30.1 Å². The van der Waals surface area contributed by atoms with Crippen LogP contribution in [-0.4, -0.2) is 70.0 Å². The maximum Gasteiger partial charge on any atom is 0.191 e. The highest BCUT2D eigenvalue weighted by Gasteiger charge is 2.22. The van der Waals surface area contributed by atoms with Gasteiger partial charge >= 0.3 is 0 Å². The second-order valence-electron chi connectivity index (χ2n) is 7.65. The van der Waals surface area contributed by atoms with Crippen molar-refractivity contribution in [2.75, 3.05) is 53.0 Å². The van der Waals surface area contributed by atoms with Crippen molar-refractivity contribution in [1.82, 2.24) is 15.5 Å². The predicted octanol–water partition coefficient (Wildman–Crippen LogP) is 2.80. The van der Waals surface area contributed by atoms with Crippen LogP contribution in [0.25, 0.3) is 0 Å². The molecule has 0 amide bonds. The number of fused-ring (bicyclic) bond motifs is 1. The average Bonchev–Trinajstić information content (AvgIpc) is 3.09. The van der Waals surface area contributed by atoms with Gasteiger partial charge in [0.1, 0.15) is 17.6 Å². The summed E-state index contributed by atoms with van der Waals surface area (Å²) < 4.78 is 17.2. The van der Waals surface area contributed by atoms with Gasteiger partial charge in [-0.25, -0.2) is 0 Å². The van der Waals surface area contributed by atoms with Gasteiger partial charge in [0.25, 0.3) is 0 Å². The van der Waals surface area contributed by atoms with Gasteiger partial charge in [0.15, 0.2) is 5.96 Å². The minimum absolute atomic E-state index is 0. The van der Waals surface area contributed by atoms with Gasteiger partial charge in [-0.2, -0.15) is 0 Å². The SMILES string of the molecule is CCOc1cc2c(cc1CNC(=NC)NCCCCN1CCOCC1)OC(C)C2.I. The minimum atomic E-state index is 0. The fourth-order valence-corrected chi connectivity index (χ4v) is 3.80. The molecule has 7 nitrogen and oxygen atoms in total. The molecule has 1 aromatic carbocycles. The van der Waals surface area contributed by atoms with Gasteiger partial charge in [0.2, 0.25) is 0 Å². The quantitative estimate of drug-likeness (QED) is 0.221. The number of hydrogen-bond donors (Lipinski definition) is 2. The molecule has 2 aliphatic heterocycles. The van der Waals surface area contributed by atoms with E-state index >= 15 is 0 Å². The highest BCUT2D eigenvalue weighted by molar-refractivity contribution is 14.0. The summed E-state index contributed by atoms with van der Waals surface area (Å²) in [7, 11) is 1.81. The van der Waals surface area contributed by atoms with E-state index in [4.69, 9.17) is 14.2 Å². The fourth-order valence-electron chi connectivity index (χ4n) is 3.80. The minimum Gasteiger partial charge on any atom is -0.494 e. The monoisotopic (exact) mass is 532 g/mol. The number of halogens is 1. The zero-order valence-corrected chi connectivity index (χ0v) is 20.9. The predicted molar refractivity (Wildman–Crippen MR) is 132 cm³/mol. The van der Waals surface area contributed by atoms with E-state index in [1.165, 1.54) is 12.0 Å². The van der Waals surface area contributed by atoms with Crippen molar-refractivity contribution in [2.45, 2.75) is 45.8 Å². The van der Waals surface area contributed by atoms with Crippen molar-refractivity contribution >= 4 is 29.9 Å². The molecule has 2 heterocycles. The number of ether oxygens (including phenoxy) is 3. The zero-order valence-electron chi connectivity index (χ0n) is 18.5. The van der Waals surface area contributed by atoms with E-state index in [1.807, 2.05) is 6.92 Å². The molecule has 0 radical (unpaired) electrons. The van der Waals surface area contributed by atoms with Crippen LogP contribution in [0.3, 0.4) is 0 Å². The van der Waals surface area contributed by atoms with Crippen LogP contribution in [0, 0.1) is 0 Å². The summed E-state index contributed by atoms with van der Waals surface area (Å²) in [6.45, 7) is 11.3. The Bertz CT molecular complexity index is 681. The molecule has 2 N–H and O–H groups in total. The molecular weight excluding hydrogens is 495 g/mol. The smallest absolute Gasteiger partial charge is 0.191 e. The molecule has 0 spiro atoms. The maximum atomic E-state index is 5.91. The van der Waals surface area contributed by atoms with Gasteiger partial charge in [-0.3, -0.25) is 9.89 Å². The van der Waals surface area contributed by atoms with Crippen LogP contribution in [0.5, 0.6) is 11.5 Å². The number of benzene rings is 1. The van der Waals surface area contributed by atoms with E-state index < -0.39 is 0 Å². The lowest BCUT2D eigenvalue weighted by atomic mass is 10.1. The Kier molecular flexibility index (Phi) is 11.0. The van der Waals surface area contributed by atoms with E-state index in [9.17, 15) is 0 Å². The molecule has 1 saturated heterocycles. The van der Waals surface area contributed by atoms with E-state index in [1.54, 1.807) is 7.05 Å². The van der Waals surface area contributed by atoms with Gasteiger partial charge in [-0.15, -0.1) is 24.0 Å². The Balaban J connectivity index is 0.00000320. The highest BCUT2D eigenvalue weighted by Crippen LogP contribution is 2.35. The van der Waals surface area contributed by atoms with E-state index in [2.05, 4.69) is 39.6 Å². The van der Waals surface area contributed by atoms with Crippen LogP contribution in [0.15, 0.2) is 17.1 Å². The number of unbranched alkanes of at least 4 members (excludes halogenated alkanes) is 1.